The first-order valence-electron chi connectivity index (χ1n) is 8.65. The van der Waals surface area contributed by atoms with Crippen LogP contribution < -0.4 is 15.2 Å². The van der Waals surface area contributed by atoms with Crippen LogP contribution in [0.2, 0.25) is 5.02 Å². The van der Waals surface area contributed by atoms with Crippen molar-refractivity contribution in [3.63, 3.8) is 0 Å². The SMILES string of the molecule is CCCOc1c(Cl)cc(C(=O)N2CCCC(C(N)=O)C2)cc1OCC. The number of amides is 2. The second kappa shape index (κ2) is 8.94. The van der Waals surface area contributed by atoms with Gasteiger partial charge in [0.15, 0.2) is 11.5 Å². The molecule has 0 spiro atoms. The summed E-state index contributed by atoms with van der Waals surface area (Å²) in [5, 5.41) is 0.339. The first-order valence-corrected chi connectivity index (χ1v) is 9.03. The number of carbonyl (C=O) groups excluding carboxylic acids is 2. The lowest BCUT2D eigenvalue weighted by atomic mass is 9.97. The van der Waals surface area contributed by atoms with E-state index in [9.17, 15) is 9.59 Å². The van der Waals surface area contributed by atoms with E-state index < -0.39 is 0 Å². The fourth-order valence-electron chi connectivity index (χ4n) is 2.88. The molecule has 1 aliphatic heterocycles. The maximum atomic E-state index is 12.8. The van der Waals surface area contributed by atoms with Crippen LogP contribution in [-0.2, 0) is 4.79 Å². The molecule has 7 heteroatoms. The Balaban J connectivity index is 2.25. The lowest BCUT2D eigenvalue weighted by Gasteiger charge is -2.31. The zero-order valence-electron chi connectivity index (χ0n) is 14.7. The molecule has 0 saturated carbocycles. The van der Waals surface area contributed by atoms with Crippen molar-refractivity contribution in [3.05, 3.63) is 22.7 Å². The maximum Gasteiger partial charge on any atom is 0.254 e. The Kier molecular flexibility index (Phi) is 6.93. The third kappa shape index (κ3) is 4.78. The third-order valence-corrected chi connectivity index (χ3v) is 4.40. The molecule has 25 heavy (non-hydrogen) atoms. The molecule has 1 heterocycles. The van der Waals surface area contributed by atoms with Gasteiger partial charge in [-0.3, -0.25) is 9.59 Å². The fourth-order valence-corrected chi connectivity index (χ4v) is 3.14. The number of carbonyl (C=O) groups is 2. The van der Waals surface area contributed by atoms with E-state index in [1.807, 2.05) is 13.8 Å². The van der Waals surface area contributed by atoms with Gasteiger partial charge in [0, 0.05) is 18.7 Å². The minimum atomic E-state index is -0.367. The van der Waals surface area contributed by atoms with E-state index in [0.717, 1.165) is 12.8 Å². The number of rotatable bonds is 7. The number of ether oxygens (including phenoxy) is 2. The monoisotopic (exact) mass is 368 g/mol. The van der Waals surface area contributed by atoms with E-state index in [4.69, 9.17) is 26.8 Å². The molecule has 138 valence electrons. The molecular formula is C18H25ClN2O4. The van der Waals surface area contributed by atoms with Gasteiger partial charge in [-0.15, -0.1) is 0 Å². The Hall–Kier alpha value is -1.95. The van der Waals surface area contributed by atoms with Crippen molar-refractivity contribution in [3.8, 4) is 11.5 Å². The molecular weight excluding hydrogens is 344 g/mol. The van der Waals surface area contributed by atoms with Crippen molar-refractivity contribution in [2.75, 3.05) is 26.3 Å². The number of likely N-dealkylation sites (tertiary alicyclic amines) is 1. The Morgan fingerprint density at radius 2 is 2.08 bits per heavy atom. The normalized spacial score (nSPS) is 17.2. The van der Waals surface area contributed by atoms with Crippen molar-refractivity contribution >= 4 is 23.4 Å². The first-order chi connectivity index (χ1) is 12.0. The summed E-state index contributed by atoms with van der Waals surface area (Å²) in [7, 11) is 0. The maximum absolute atomic E-state index is 12.8. The summed E-state index contributed by atoms with van der Waals surface area (Å²) in [6.45, 7) is 5.73. The molecule has 1 unspecified atom stereocenters. The number of piperidine rings is 1. The predicted molar refractivity (Wildman–Crippen MR) is 96.2 cm³/mol. The zero-order valence-corrected chi connectivity index (χ0v) is 15.5. The molecule has 0 aromatic heterocycles. The number of hydrogen-bond donors (Lipinski definition) is 1. The summed E-state index contributed by atoms with van der Waals surface area (Å²) < 4.78 is 11.3. The van der Waals surface area contributed by atoms with Crippen molar-refractivity contribution in [1.82, 2.24) is 4.90 Å². The second-order valence-electron chi connectivity index (χ2n) is 6.06. The highest BCUT2D eigenvalue weighted by molar-refractivity contribution is 6.32. The number of nitrogens with two attached hydrogens (primary N) is 1. The van der Waals surface area contributed by atoms with Crippen molar-refractivity contribution < 1.29 is 19.1 Å². The van der Waals surface area contributed by atoms with E-state index in [1.54, 1.807) is 17.0 Å². The van der Waals surface area contributed by atoms with Crippen LogP contribution in [0.25, 0.3) is 0 Å². The van der Waals surface area contributed by atoms with Crippen LogP contribution in [0.4, 0.5) is 0 Å². The highest BCUT2D eigenvalue weighted by Crippen LogP contribution is 2.37. The minimum Gasteiger partial charge on any atom is -0.490 e. The summed E-state index contributed by atoms with van der Waals surface area (Å²) in [4.78, 5) is 25.9. The molecule has 0 bridgehead atoms. The van der Waals surface area contributed by atoms with E-state index in [0.29, 0.717) is 54.8 Å². The number of primary amides is 1. The summed E-state index contributed by atoms with van der Waals surface area (Å²) in [6, 6.07) is 3.24. The molecule has 1 atom stereocenters. The minimum absolute atomic E-state index is 0.184. The number of halogens is 1. The highest BCUT2D eigenvalue weighted by Gasteiger charge is 2.28. The molecule has 1 aromatic carbocycles. The first kappa shape index (κ1) is 19.4. The average molecular weight is 369 g/mol. The molecule has 1 aromatic rings. The van der Waals surface area contributed by atoms with Gasteiger partial charge in [-0.2, -0.15) is 0 Å². The topological polar surface area (TPSA) is 81.9 Å². The molecule has 1 fully saturated rings. The van der Waals surface area contributed by atoms with Gasteiger partial charge in [0.05, 0.1) is 24.2 Å². The average Bonchev–Trinajstić information content (AvgIpc) is 2.60. The Labute approximate surface area is 153 Å². The quantitative estimate of drug-likeness (QED) is 0.802. The molecule has 2 amide bonds. The second-order valence-corrected chi connectivity index (χ2v) is 6.47. The molecule has 0 aliphatic carbocycles. The summed E-state index contributed by atoms with van der Waals surface area (Å²) >= 11 is 6.32. The van der Waals surface area contributed by atoms with E-state index in [1.165, 1.54) is 0 Å². The number of nitrogens with zero attached hydrogens (tertiary/aromatic N) is 1. The van der Waals surface area contributed by atoms with Crippen molar-refractivity contribution in [1.29, 1.82) is 0 Å². The van der Waals surface area contributed by atoms with Crippen LogP contribution in [0.15, 0.2) is 12.1 Å². The third-order valence-electron chi connectivity index (χ3n) is 4.12. The van der Waals surface area contributed by atoms with Crippen LogP contribution in [0.1, 0.15) is 43.5 Å². The zero-order chi connectivity index (χ0) is 18.4. The highest BCUT2D eigenvalue weighted by atomic mass is 35.5. The van der Waals surface area contributed by atoms with Gasteiger partial charge < -0.3 is 20.1 Å². The van der Waals surface area contributed by atoms with Crippen LogP contribution in [0.5, 0.6) is 11.5 Å². The molecule has 1 saturated heterocycles. The van der Waals surface area contributed by atoms with Crippen LogP contribution in [0, 0.1) is 5.92 Å². The van der Waals surface area contributed by atoms with E-state index in [2.05, 4.69) is 0 Å². The summed E-state index contributed by atoms with van der Waals surface area (Å²) in [5.74, 6) is 0.0576. The van der Waals surface area contributed by atoms with Gasteiger partial charge in [0.25, 0.3) is 5.91 Å². The summed E-state index contributed by atoms with van der Waals surface area (Å²) in [5.41, 5.74) is 5.81. The molecule has 2 rings (SSSR count). The van der Waals surface area contributed by atoms with Gasteiger partial charge in [-0.05, 0) is 38.3 Å². The molecule has 6 nitrogen and oxygen atoms in total. The van der Waals surface area contributed by atoms with Crippen molar-refractivity contribution in [2.45, 2.75) is 33.1 Å². The Bertz CT molecular complexity index is 636. The lowest BCUT2D eigenvalue weighted by molar-refractivity contribution is -0.123. The van der Waals surface area contributed by atoms with Gasteiger partial charge in [-0.25, -0.2) is 0 Å². The Morgan fingerprint density at radius 1 is 1.32 bits per heavy atom. The molecule has 2 N–H and O–H groups in total. The van der Waals surface area contributed by atoms with Crippen LogP contribution in [0.3, 0.4) is 0 Å². The van der Waals surface area contributed by atoms with Gasteiger partial charge in [0.1, 0.15) is 0 Å². The lowest BCUT2D eigenvalue weighted by Crippen LogP contribution is -2.44. The van der Waals surface area contributed by atoms with Crippen LogP contribution in [-0.4, -0.2) is 43.0 Å². The standard InChI is InChI=1S/C18H25ClN2O4/c1-3-8-25-16-14(19)9-13(10-15(16)24-4-2)18(23)21-7-5-6-12(11-21)17(20)22/h9-10,12H,3-8,11H2,1-2H3,(H2,20,22). The predicted octanol–water partition coefficient (Wildman–Crippen LogP) is 2.87. The molecule has 1 aliphatic rings. The molecule has 0 radical (unpaired) electrons. The van der Waals surface area contributed by atoms with Crippen LogP contribution >= 0.6 is 11.6 Å². The van der Waals surface area contributed by atoms with E-state index >= 15 is 0 Å². The Morgan fingerprint density at radius 3 is 2.72 bits per heavy atom. The number of benzene rings is 1. The fraction of sp³-hybridized carbons (Fsp3) is 0.556. The van der Waals surface area contributed by atoms with Gasteiger partial charge in [-0.1, -0.05) is 18.5 Å². The largest absolute Gasteiger partial charge is 0.490 e. The van der Waals surface area contributed by atoms with E-state index in [-0.39, 0.29) is 17.7 Å². The van der Waals surface area contributed by atoms with Crippen molar-refractivity contribution in [2.24, 2.45) is 11.7 Å². The smallest absolute Gasteiger partial charge is 0.254 e. The number of hydrogen-bond acceptors (Lipinski definition) is 4. The van der Waals surface area contributed by atoms with Gasteiger partial charge in [0.2, 0.25) is 5.91 Å². The summed E-state index contributed by atoms with van der Waals surface area (Å²) in [6.07, 6.45) is 2.31. The van der Waals surface area contributed by atoms with Gasteiger partial charge >= 0.3 is 0 Å².